The number of ether oxygens (including phenoxy) is 1. The van der Waals surface area contributed by atoms with E-state index in [1.165, 1.54) is 6.42 Å². The topological polar surface area (TPSA) is 70.6 Å². The third kappa shape index (κ3) is 3.22. The minimum atomic E-state index is -0.902. The fourth-order valence-electron chi connectivity index (χ4n) is 2.62. The predicted octanol–water partition coefficient (Wildman–Crippen LogP) is 0.175. The molecule has 0 aliphatic carbocycles. The van der Waals surface area contributed by atoms with Gasteiger partial charge >= 0.3 is 0 Å². The SMILES string of the molecule is CC1OCCC1(O)CNC(=O)C1CCCCCN1. The standard InChI is InChI=1S/C13H24N2O3/c1-10-13(17,6-8-18-10)9-15-12(16)11-5-3-2-4-7-14-11/h10-11,14,17H,2-9H2,1H3,(H,15,16). The summed E-state index contributed by atoms with van der Waals surface area (Å²) >= 11 is 0. The van der Waals surface area contributed by atoms with Crippen molar-refractivity contribution < 1.29 is 14.6 Å². The maximum Gasteiger partial charge on any atom is 0.237 e. The van der Waals surface area contributed by atoms with E-state index < -0.39 is 5.60 Å². The fourth-order valence-corrected chi connectivity index (χ4v) is 2.62. The highest BCUT2D eigenvalue weighted by molar-refractivity contribution is 5.81. The summed E-state index contributed by atoms with van der Waals surface area (Å²) in [6.07, 6.45) is 4.68. The summed E-state index contributed by atoms with van der Waals surface area (Å²) in [6.45, 7) is 3.60. The fraction of sp³-hybridized carbons (Fsp3) is 0.923. The van der Waals surface area contributed by atoms with Crippen LogP contribution in [0, 0.1) is 0 Å². The van der Waals surface area contributed by atoms with Gasteiger partial charge in [0.15, 0.2) is 0 Å². The van der Waals surface area contributed by atoms with Crippen molar-refractivity contribution in [3.8, 4) is 0 Å². The van der Waals surface area contributed by atoms with Crippen molar-refractivity contribution >= 4 is 5.91 Å². The second-order valence-corrected chi connectivity index (χ2v) is 5.44. The number of amides is 1. The highest BCUT2D eigenvalue weighted by Gasteiger charge is 2.40. The first-order chi connectivity index (χ1) is 8.62. The van der Waals surface area contributed by atoms with E-state index in [-0.39, 0.29) is 24.6 Å². The Bertz CT molecular complexity index is 290. The van der Waals surface area contributed by atoms with Crippen LogP contribution < -0.4 is 10.6 Å². The second-order valence-electron chi connectivity index (χ2n) is 5.44. The lowest BCUT2D eigenvalue weighted by atomic mass is 9.96. The Kier molecular flexibility index (Phi) is 4.59. The number of carbonyl (C=O) groups is 1. The molecule has 2 heterocycles. The lowest BCUT2D eigenvalue weighted by Gasteiger charge is -2.27. The second kappa shape index (κ2) is 5.99. The third-order valence-electron chi connectivity index (χ3n) is 4.11. The summed E-state index contributed by atoms with van der Waals surface area (Å²) < 4.78 is 5.35. The molecule has 2 rings (SSSR count). The molecule has 5 heteroatoms. The molecule has 3 N–H and O–H groups in total. The van der Waals surface area contributed by atoms with Crippen LogP contribution in [0.2, 0.25) is 0 Å². The van der Waals surface area contributed by atoms with Crippen LogP contribution >= 0.6 is 0 Å². The first-order valence-corrected chi connectivity index (χ1v) is 6.97. The van der Waals surface area contributed by atoms with Crippen LogP contribution in [-0.4, -0.2) is 48.5 Å². The maximum absolute atomic E-state index is 12.0. The first-order valence-electron chi connectivity index (χ1n) is 6.97. The van der Waals surface area contributed by atoms with Crippen LogP contribution in [0.3, 0.4) is 0 Å². The number of carbonyl (C=O) groups excluding carboxylic acids is 1. The van der Waals surface area contributed by atoms with Gasteiger partial charge < -0.3 is 20.5 Å². The maximum atomic E-state index is 12.0. The molecule has 18 heavy (non-hydrogen) atoms. The van der Waals surface area contributed by atoms with Gasteiger partial charge in [-0.3, -0.25) is 4.79 Å². The molecule has 1 amide bonds. The van der Waals surface area contributed by atoms with Gasteiger partial charge in [0.25, 0.3) is 0 Å². The van der Waals surface area contributed by atoms with E-state index in [1.807, 2.05) is 6.92 Å². The predicted molar refractivity (Wildman–Crippen MR) is 68.2 cm³/mol. The molecule has 0 aromatic heterocycles. The number of aliphatic hydroxyl groups is 1. The van der Waals surface area contributed by atoms with Gasteiger partial charge in [-0.1, -0.05) is 12.8 Å². The molecule has 0 radical (unpaired) electrons. The highest BCUT2D eigenvalue weighted by Crippen LogP contribution is 2.24. The van der Waals surface area contributed by atoms with Crippen molar-refractivity contribution in [3.05, 3.63) is 0 Å². The number of hydrogen-bond acceptors (Lipinski definition) is 4. The van der Waals surface area contributed by atoms with Gasteiger partial charge in [0, 0.05) is 19.6 Å². The monoisotopic (exact) mass is 256 g/mol. The Morgan fingerprint density at radius 3 is 3.06 bits per heavy atom. The molecule has 0 spiro atoms. The van der Waals surface area contributed by atoms with Gasteiger partial charge in [0.2, 0.25) is 5.91 Å². The molecule has 3 atom stereocenters. The Morgan fingerprint density at radius 2 is 2.33 bits per heavy atom. The van der Waals surface area contributed by atoms with Crippen molar-refractivity contribution in [2.75, 3.05) is 19.7 Å². The number of nitrogens with one attached hydrogen (secondary N) is 2. The average molecular weight is 256 g/mol. The molecular weight excluding hydrogens is 232 g/mol. The lowest BCUT2D eigenvalue weighted by Crippen LogP contribution is -2.52. The molecule has 2 aliphatic heterocycles. The molecule has 2 saturated heterocycles. The van der Waals surface area contributed by atoms with Crippen molar-refractivity contribution in [1.82, 2.24) is 10.6 Å². The Morgan fingerprint density at radius 1 is 1.50 bits per heavy atom. The summed E-state index contributed by atoms with van der Waals surface area (Å²) in [5, 5.41) is 16.4. The quantitative estimate of drug-likeness (QED) is 0.673. The van der Waals surface area contributed by atoms with Crippen molar-refractivity contribution in [2.24, 2.45) is 0 Å². The number of hydrogen-bond donors (Lipinski definition) is 3. The van der Waals surface area contributed by atoms with E-state index in [1.54, 1.807) is 0 Å². The molecule has 0 aromatic rings. The molecule has 0 saturated carbocycles. The van der Waals surface area contributed by atoms with Gasteiger partial charge in [0.05, 0.1) is 12.1 Å². The van der Waals surface area contributed by atoms with Crippen LogP contribution in [0.25, 0.3) is 0 Å². The minimum absolute atomic E-state index is 0.00410. The Hall–Kier alpha value is -0.650. The summed E-state index contributed by atoms with van der Waals surface area (Å²) in [6, 6.07) is -0.103. The third-order valence-corrected chi connectivity index (χ3v) is 4.11. The van der Waals surface area contributed by atoms with Crippen molar-refractivity contribution in [2.45, 2.75) is 56.8 Å². The summed E-state index contributed by atoms with van der Waals surface area (Å²) in [5.74, 6) is 0.00410. The van der Waals surface area contributed by atoms with Crippen LogP contribution in [0.4, 0.5) is 0 Å². The summed E-state index contributed by atoms with van der Waals surface area (Å²) in [5.41, 5.74) is -0.902. The van der Waals surface area contributed by atoms with Crippen molar-refractivity contribution in [1.29, 1.82) is 0 Å². The van der Waals surface area contributed by atoms with Gasteiger partial charge in [-0.05, 0) is 26.3 Å². The normalized spacial score (nSPS) is 37.2. The van der Waals surface area contributed by atoms with Gasteiger partial charge in [0.1, 0.15) is 5.60 Å². The van der Waals surface area contributed by atoms with Gasteiger partial charge in [-0.15, -0.1) is 0 Å². The minimum Gasteiger partial charge on any atom is -0.385 e. The smallest absolute Gasteiger partial charge is 0.237 e. The van der Waals surface area contributed by atoms with E-state index in [2.05, 4.69) is 10.6 Å². The zero-order chi connectivity index (χ0) is 13.0. The van der Waals surface area contributed by atoms with E-state index >= 15 is 0 Å². The van der Waals surface area contributed by atoms with Crippen LogP contribution in [-0.2, 0) is 9.53 Å². The van der Waals surface area contributed by atoms with Crippen molar-refractivity contribution in [3.63, 3.8) is 0 Å². The molecule has 5 nitrogen and oxygen atoms in total. The van der Waals surface area contributed by atoms with Crippen LogP contribution in [0.1, 0.15) is 39.0 Å². The molecule has 0 bridgehead atoms. The van der Waals surface area contributed by atoms with Gasteiger partial charge in [-0.2, -0.15) is 0 Å². The van der Waals surface area contributed by atoms with Gasteiger partial charge in [-0.25, -0.2) is 0 Å². The highest BCUT2D eigenvalue weighted by atomic mass is 16.5. The van der Waals surface area contributed by atoms with E-state index in [0.717, 1.165) is 25.8 Å². The van der Waals surface area contributed by atoms with Crippen LogP contribution in [0.15, 0.2) is 0 Å². The molecule has 0 aromatic carbocycles. The summed E-state index contributed by atoms with van der Waals surface area (Å²) in [7, 11) is 0. The molecular formula is C13H24N2O3. The lowest BCUT2D eigenvalue weighted by molar-refractivity contribution is -0.125. The Labute approximate surface area is 108 Å². The van der Waals surface area contributed by atoms with Crippen LogP contribution in [0.5, 0.6) is 0 Å². The number of rotatable bonds is 3. The molecule has 3 unspecified atom stereocenters. The average Bonchev–Trinajstić information content (AvgIpc) is 2.61. The largest absolute Gasteiger partial charge is 0.385 e. The van der Waals surface area contributed by atoms with E-state index in [0.29, 0.717) is 13.0 Å². The summed E-state index contributed by atoms with van der Waals surface area (Å²) in [4.78, 5) is 12.0. The van der Waals surface area contributed by atoms with E-state index in [9.17, 15) is 9.90 Å². The zero-order valence-electron chi connectivity index (χ0n) is 11.1. The molecule has 2 aliphatic rings. The molecule has 2 fully saturated rings. The van der Waals surface area contributed by atoms with E-state index in [4.69, 9.17) is 4.74 Å². The Balaban J connectivity index is 1.80. The molecule has 104 valence electrons. The first kappa shape index (κ1) is 13.8. The zero-order valence-corrected chi connectivity index (χ0v) is 11.1.